The Labute approximate surface area is 208 Å². The Kier molecular flexibility index (Phi) is 6.37. The van der Waals surface area contributed by atoms with Gasteiger partial charge in [-0.05, 0) is 48.9 Å². The molecule has 3 aromatic rings. The molecule has 180 valence electrons. The van der Waals surface area contributed by atoms with Gasteiger partial charge in [0.25, 0.3) is 0 Å². The number of hydrogen-bond donors (Lipinski definition) is 1. The largest absolute Gasteiger partial charge is 0.493 e. The van der Waals surface area contributed by atoms with E-state index in [9.17, 15) is 10.1 Å². The number of pyridine rings is 1. The second kappa shape index (κ2) is 9.28. The molecule has 0 spiro atoms. The molecule has 0 fully saturated rings. The van der Waals surface area contributed by atoms with Gasteiger partial charge < -0.3 is 24.5 Å². The van der Waals surface area contributed by atoms with Crippen molar-refractivity contribution < 1.29 is 14.2 Å². The van der Waals surface area contributed by atoms with Crippen molar-refractivity contribution in [3.63, 3.8) is 0 Å². The van der Waals surface area contributed by atoms with E-state index >= 15 is 0 Å². The molecular formula is C26H25ClN4O4. The van der Waals surface area contributed by atoms with Crippen LogP contribution in [0.15, 0.2) is 58.7 Å². The zero-order valence-corrected chi connectivity index (χ0v) is 20.8. The van der Waals surface area contributed by atoms with Gasteiger partial charge in [-0.25, -0.2) is 0 Å². The van der Waals surface area contributed by atoms with Crippen molar-refractivity contribution >= 4 is 23.1 Å². The van der Waals surface area contributed by atoms with E-state index in [1.165, 1.54) is 21.3 Å². The molecule has 1 aliphatic heterocycles. The average molecular weight is 493 g/mol. The number of aryl methyl sites for hydroxylation is 1. The van der Waals surface area contributed by atoms with Gasteiger partial charge in [0.05, 0.1) is 44.5 Å². The highest BCUT2D eigenvalue weighted by Crippen LogP contribution is 2.48. The SMILES string of the molecule is COc1cc(C2C(C#N)=C(N)N(c3ccc(Cl)cc3)c3c2c(=O)cc(C)n3C)cc(OC)c1OC. The molecule has 8 nitrogen and oxygen atoms in total. The molecule has 0 amide bonds. The van der Waals surface area contributed by atoms with Gasteiger partial charge in [-0.15, -0.1) is 0 Å². The number of nitrogens with zero attached hydrogens (tertiary/aromatic N) is 3. The normalized spacial score (nSPS) is 14.9. The molecule has 2 aromatic carbocycles. The minimum absolute atomic E-state index is 0.210. The number of halogens is 1. The molecule has 0 bridgehead atoms. The maximum absolute atomic E-state index is 13.5. The van der Waals surface area contributed by atoms with Crippen LogP contribution in [0.1, 0.15) is 22.7 Å². The van der Waals surface area contributed by atoms with Crippen molar-refractivity contribution in [2.75, 3.05) is 26.2 Å². The molecule has 35 heavy (non-hydrogen) atoms. The number of hydrogen-bond acceptors (Lipinski definition) is 7. The first-order valence-corrected chi connectivity index (χ1v) is 11.1. The molecule has 2 N–H and O–H groups in total. The summed E-state index contributed by atoms with van der Waals surface area (Å²) in [7, 11) is 6.39. The quantitative estimate of drug-likeness (QED) is 0.564. The van der Waals surface area contributed by atoms with E-state index in [1.54, 1.807) is 47.4 Å². The summed E-state index contributed by atoms with van der Waals surface area (Å²) < 4.78 is 18.4. The highest BCUT2D eigenvalue weighted by atomic mass is 35.5. The average Bonchev–Trinajstić information content (AvgIpc) is 2.86. The fraction of sp³-hybridized carbons (Fsp3) is 0.231. The standard InChI is InChI=1S/C26H25ClN4O4/c1-14-10-19(32)23-22(15-11-20(33-3)24(35-5)21(12-15)34-4)18(13-28)25(29)31(26(23)30(14)2)17-8-6-16(27)7-9-17/h6-12,22H,29H2,1-5H3. The summed E-state index contributed by atoms with van der Waals surface area (Å²) in [5.74, 6) is 1.23. The van der Waals surface area contributed by atoms with Gasteiger partial charge in [-0.2, -0.15) is 5.26 Å². The first kappa shape index (κ1) is 24.0. The van der Waals surface area contributed by atoms with Gasteiger partial charge in [-0.3, -0.25) is 9.69 Å². The van der Waals surface area contributed by atoms with Crippen molar-refractivity contribution in [2.45, 2.75) is 12.8 Å². The molecule has 1 unspecified atom stereocenters. The summed E-state index contributed by atoms with van der Waals surface area (Å²) in [6.07, 6.45) is 0. The van der Waals surface area contributed by atoms with Crippen LogP contribution in [0.4, 0.5) is 11.5 Å². The van der Waals surface area contributed by atoms with Crippen molar-refractivity contribution in [1.82, 2.24) is 4.57 Å². The highest BCUT2D eigenvalue weighted by Gasteiger charge is 2.38. The van der Waals surface area contributed by atoms with Gasteiger partial charge in [0.2, 0.25) is 5.75 Å². The second-order valence-corrected chi connectivity index (χ2v) is 8.50. The van der Waals surface area contributed by atoms with Crippen LogP contribution in [-0.4, -0.2) is 25.9 Å². The van der Waals surface area contributed by atoms with Gasteiger partial charge in [0.15, 0.2) is 16.9 Å². The molecule has 2 heterocycles. The second-order valence-electron chi connectivity index (χ2n) is 8.06. The number of allylic oxidation sites excluding steroid dienone is 1. The molecule has 1 aromatic heterocycles. The van der Waals surface area contributed by atoms with Crippen LogP contribution in [0, 0.1) is 18.3 Å². The first-order valence-electron chi connectivity index (χ1n) is 10.7. The van der Waals surface area contributed by atoms with Crippen LogP contribution in [0.5, 0.6) is 17.2 Å². The third-order valence-corrected chi connectivity index (χ3v) is 6.48. The summed E-state index contributed by atoms with van der Waals surface area (Å²) >= 11 is 6.11. The van der Waals surface area contributed by atoms with E-state index in [4.69, 9.17) is 31.5 Å². The molecule has 4 rings (SSSR count). The minimum atomic E-state index is -0.758. The summed E-state index contributed by atoms with van der Waals surface area (Å²) in [5, 5.41) is 10.8. The maximum atomic E-state index is 13.5. The van der Waals surface area contributed by atoms with Crippen LogP contribution < -0.4 is 30.3 Å². The predicted octanol–water partition coefficient (Wildman–Crippen LogP) is 4.35. The zero-order valence-electron chi connectivity index (χ0n) is 20.0. The molecular weight excluding hydrogens is 468 g/mol. The van der Waals surface area contributed by atoms with E-state index in [0.29, 0.717) is 44.9 Å². The number of fused-ring (bicyclic) bond motifs is 1. The number of nitrogens with two attached hydrogens (primary N) is 1. The molecule has 0 aliphatic carbocycles. The first-order chi connectivity index (χ1) is 16.8. The fourth-order valence-corrected chi connectivity index (χ4v) is 4.59. The van der Waals surface area contributed by atoms with Gasteiger partial charge in [-0.1, -0.05) is 11.6 Å². The van der Waals surface area contributed by atoms with Crippen LogP contribution in [-0.2, 0) is 7.05 Å². The Morgan fingerprint density at radius 2 is 1.63 bits per heavy atom. The lowest BCUT2D eigenvalue weighted by molar-refractivity contribution is 0.323. The van der Waals surface area contributed by atoms with Gasteiger partial charge in [0, 0.05) is 29.5 Å². The summed E-state index contributed by atoms with van der Waals surface area (Å²) in [5.41, 5.74) is 9.10. The highest BCUT2D eigenvalue weighted by molar-refractivity contribution is 6.30. The maximum Gasteiger partial charge on any atom is 0.203 e. The summed E-state index contributed by atoms with van der Waals surface area (Å²) in [4.78, 5) is 15.2. The molecule has 0 radical (unpaired) electrons. The Morgan fingerprint density at radius 1 is 1.03 bits per heavy atom. The van der Waals surface area contributed by atoms with Crippen molar-refractivity contribution in [3.05, 3.63) is 85.9 Å². The molecule has 1 aliphatic rings. The Hall–Kier alpha value is -4.09. The van der Waals surface area contributed by atoms with Crippen molar-refractivity contribution in [3.8, 4) is 23.3 Å². The number of methoxy groups -OCH3 is 3. The van der Waals surface area contributed by atoms with Crippen LogP contribution >= 0.6 is 11.6 Å². The van der Waals surface area contributed by atoms with E-state index in [2.05, 4.69) is 6.07 Å². The molecule has 1 atom stereocenters. The van der Waals surface area contributed by atoms with E-state index < -0.39 is 5.92 Å². The van der Waals surface area contributed by atoms with E-state index in [0.717, 1.165) is 5.69 Å². The van der Waals surface area contributed by atoms with Gasteiger partial charge >= 0.3 is 0 Å². The van der Waals surface area contributed by atoms with Crippen LogP contribution in [0.3, 0.4) is 0 Å². The Morgan fingerprint density at radius 3 is 2.14 bits per heavy atom. The molecule has 0 saturated heterocycles. The summed E-state index contributed by atoms with van der Waals surface area (Å²) in [6.45, 7) is 1.84. The van der Waals surface area contributed by atoms with Gasteiger partial charge in [0.1, 0.15) is 11.6 Å². The van der Waals surface area contributed by atoms with Crippen molar-refractivity contribution in [2.24, 2.45) is 12.8 Å². The predicted molar refractivity (Wildman–Crippen MR) is 135 cm³/mol. The topological polar surface area (TPSA) is 103 Å². The monoisotopic (exact) mass is 492 g/mol. The van der Waals surface area contributed by atoms with Crippen LogP contribution in [0.25, 0.3) is 0 Å². The lowest BCUT2D eigenvalue weighted by Gasteiger charge is -2.37. The smallest absolute Gasteiger partial charge is 0.203 e. The van der Waals surface area contributed by atoms with E-state index in [-0.39, 0.29) is 16.8 Å². The lowest BCUT2D eigenvalue weighted by atomic mass is 9.82. The minimum Gasteiger partial charge on any atom is -0.493 e. The number of rotatable bonds is 5. The van der Waals surface area contributed by atoms with Crippen molar-refractivity contribution in [1.29, 1.82) is 5.26 Å². The number of benzene rings is 2. The lowest BCUT2D eigenvalue weighted by Crippen LogP contribution is -2.37. The number of anilines is 2. The summed E-state index contributed by atoms with van der Waals surface area (Å²) in [6, 6.07) is 14.3. The third kappa shape index (κ3) is 3.84. The van der Waals surface area contributed by atoms with E-state index in [1.807, 2.05) is 18.5 Å². The number of aromatic nitrogens is 1. The Bertz CT molecular complexity index is 1410. The number of ether oxygens (including phenoxy) is 3. The zero-order chi connectivity index (χ0) is 25.4. The third-order valence-electron chi connectivity index (χ3n) is 6.22. The molecule has 9 heteroatoms. The van der Waals surface area contributed by atoms with Crippen LogP contribution in [0.2, 0.25) is 5.02 Å². The Balaban J connectivity index is 2.10. The molecule has 0 saturated carbocycles. The fourth-order valence-electron chi connectivity index (χ4n) is 4.47. The number of nitriles is 1.